The van der Waals surface area contributed by atoms with E-state index in [1.807, 2.05) is 24.0 Å². The highest BCUT2D eigenvalue weighted by atomic mass is 16.4. The molecule has 0 atom stereocenters. The van der Waals surface area contributed by atoms with E-state index in [0.29, 0.717) is 0 Å². The second kappa shape index (κ2) is 5.77. The van der Waals surface area contributed by atoms with Crippen LogP contribution in [0.25, 0.3) is 0 Å². The summed E-state index contributed by atoms with van der Waals surface area (Å²) in [6, 6.07) is 3.92. The van der Waals surface area contributed by atoms with Crippen LogP contribution in [-0.2, 0) is 11.2 Å². The molecule has 0 unspecified atom stereocenters. The van der Waals surface area contributed by atoms with Crippen LogP contribution in [0.1, 0.15) is 26.3 Å². The molecule has 0 radical (unpaired) electrons. The van der Waals surface area contributed by atoms with Crippen molar-refractivity contribution in [3.05, 3.63) is 30.1 Å². The summed E-state index contributed by atoms with van der Waals surface area (Å²) in [4.78, 5) is 17.1. The Balaban J connectivity index is 2.63. The van der Waals surface area contributed by atoms with E-state index in [0.717, 1.165) is 19.5 Å². The zero-order valence-corrected chi connectivity index (χ0v) is 10.7. The van der Waals surface area contributed by atoms with Crippen molar-refractivity contribution in [3.63, 3.8) is 0 Å². The third-order valence-electron chi connectivity index (χ3n) is 3.12. The molecule has 0 amide bonds. The summed E-state index contributed by atoms with van der Waals surface area (Å²) < 4.78 is 0. The molecule has 1 heterocycles. The van der Waals surface area contributed by atoms with Gasteiger partial charge in [-0.25, -0.2) is 0 Å². The molecule has 0 aliphatic heterocycles. The van der Waals surface area contributed by atoms with Gasteiger partial charge < -0.3 is 5.11 Å². The fourth-order valence-electron chi connectivity index (χ4n) is 1.78. The number of aromatic nitrogens is 1. The summed E-state index contributed by atoms with van der Waals surface area (Å²) in [5.74, 6) is -0.783. The van der Waals surface area contributed by atoms with Gasteiger partial charge in [0.25, 0.3) is 0 Å². The molecular formula is C13H20N2O2. The lowest BCUT2D eigenvalue weighted by Crippen LogP contribution is -2.50. The third kappa shape index (κ3) is 3.53. The van der Waals surface area contributed by atoms with Gasteiger partial charge in [-0.15, -0.1) is 0 Å². The number of hydrogen-bond acceptors (Lipinski definition) is 3. The van der Waals surface area contributed by atoms with Gasteiger partial charge in [0, 0.05) is 18.9 Å². The maximum absolute atomic E-state index is 11.2. The van der Waals surface area contributed by atoms with Crippen LogP contribution in [0, 0.1) is 0 Å². The second-order valence-electron chi connectivity index (χ2n) is 4.55. The van der Waals surface area contributed by atoms with Crippen molar-refractivity contribution in [3.8, 4) is 0 Å². The molecular weight excluding hydrogens is 216 g/mol. The molecule has 4 nitrogen and oxygen atoms in total. The van der Waals surface area contributed by atoms with Crippen molar-refractivity contribution in [2.75, 3.05) is 13.1 Å². The summed E-state index contributed by atoms with van der Waals surface area (Å²) in [6.07, 6.45) is 4.36. The number of pyridine rings is 1. The standard InChI is InChI=1S/C13H20N2O2/c1-4-15(13(2,3)12(16)17)10-7-11-5-8-14-9-6-11/h5-6,8-9H,4,7,10H2,1-3H3,(H,16,17). The van der Waals surface area contributed by atoms with E-state index in [-0.39, 0.29) is 0 Å². The van der Waals surface area contributed by atoms with Gasteiger partial charge in [-0.2, -0.15) is 0 Å². The Morgan fingerprint density at radius 3 is 2.47 bits per heavy atom. The lowest BCUT2D eigenvalue weighted by molar-refractivity contribution is -0.149. The maximum Gasteiger partial charge on any atom is 0.323 e. The smallest absolute Gasteiger partial charge is 0.323 e. The Morgan fingerprint density at radius 1 is 1.41 bits per heavy atom. The SMILES string of the molecule is CCN(CCc1ccncc1)C(C)(C)C(=O)O. The van der Waals surface area contributed by atoms with Gasteiger partial charge in [0.05, 0.1) is 0 Å². The van der Waals surface area contributed by atoms with Crippen LogP contribution >= 0.6 is 0 Å². The minimum Gasteiger partial charge on any atom is -0.480 e. The van der Waals surface area contributed by atoms with Crippen molar-refractivity contribution in [1.82, 2.24) is 9.88 Å². The number of nitrogens with zero attached hydrogens (tertiary/aromatic N) is 2. The van der Waals surface area contributed by atoms with E-state index in [2.05, 4.69) is 4.98 Å². The second-order valence-corrected chi connectivity index (χ2v) is 4.55. The highest BCUT2D eigenvalue weighted by Crippen LogP contribution is 2.15. The molecule has 1 N–H and O–H groups in total. The van der Waals surface area contributed by atoms with Crippen LogP contribution in [-0.4, -0.2) is 39.6 Å². The van der Waals surface area contributed by atoms with E-state index in [1.54, 1.807) is 26.2 Å². The maximum atomic E-state index is 11.2. The molecule has 17 heavy (non-hydrogen) atoms. The molecule has 94 valence electrons. The van der Waals surface area contributed by atoms with Crippen LogP contribution < -0.4 is 0 Å². The van der Waals surface area contributed by atoms with Gasteiger partial charge in [-0.05, 0) is 44.5 Å². The van der Waals surface area contributed by atoms with Crippen LogP contribution in [0.2, 0.25) is 0 Å². The van der Waals surface area contributed by atoms with Crippen LogP contribution in [0.15, 0.2) is 24.5 Å². The van der Waals surface area contributed by atoms with Gasteiger partial charge in [-0.1, -0.05) is 6.92 Å². The highest BCUT2D eigenvalue weighted by Gasteiger charge is 2.32. The minimum absolute atomic E-state index is 0.727. The van der Waals surface area contributed by atoms with Crippen molar-refractivity contribution in [2.45, 2.75) is 32.7 Å². The number of likely N-dealkylation sites (N-methyl/N-ethyl adjacent to an activating group) is 1. The van der Waals surface area contributed by atoms with Gasteiger partial charge in [0.15, 0.2) is 0 Å². The molecule has 1 rings (SSSR count). The normalized spacial score (nSPS) is 11.8. The lowest BCUT2D eigenvalue weighted by atomic mass is 10.0. The summed E-state index contributed by atoms with van der Waals surface area (Å²) in [5, 5.41) is 9.19. The summed E-state index contributed by atoms with van der Waals surface area (Å²) in [7, 11) is 0. The Bertz CT molecular complexity index is 363. The molecule has 0 spiro atoms. The zero-order valence-electron chi connectivity index (χ0n) is 10.7. The van der Waals surface area contributed by atoms with Gasteiger partial charge >= 0.3 is 5.97 Å². The summed E-state index contributed by atoms with van der Waals surface area (Å²) >= 11 is 0. The van der Waals surface area contributed by atoms with Gasteiger partial charge in [0.2, 0.25) is 0 Å². The van der Waals surface area contributed by atoms with E-state index in [9.17, 15) is 9.90 Å². The molecule has 4 heteroatoms. The largest absolute Gasteiger partial charge is 0.480 e. The fourth-order valence-corrected chi connectivity index (χ4v) is 1.78. The van der Waals surface area contributed by atoms with Crippen molar-refractivity contribution in [1.29, 1.82) is 0 Å². The van der Waals surface area contributed by atoms with E-state index in [1.165, 1.54) is 5.56 Å². The Labute approximate surface area is 102 Å². The average molecular weight is 236 g/mol. The van der Waals surface area contributed by atoms with E-state index < -0.39 is 11.5 Å². The number of carboxylic acids is 1. The van der Waals surface area contributed by atoms with Crippen LogP contribution in [0.3, 0.4) is 0 Å². The Morgan fingerprint density at radius 2 is 2.00 bits per heavy atom. The quantitative estimate of drug-likeness (QED) is 0.818. The number of rotatable bonds is 6. The highest BCUT2D eigenvalue weighted by molar-refractivity contribution is 5.77. The van der Waals surface area contributed by atoms with Crippen molar-refractivity contribution in [2.24, 2.45) is 0 Å². The molecule has 1 aromatic rings. The topological polar surface area (TPSA) is 53.4 Å². The fraction of sp³-hybridized carbons (Fsp3) is 0.538. The Kier molecular flexibility index (Phi) is 4.63. The van der Waals surface area contributed by atoms with Crippen LogP contribution in [0.5, 0.6) is 0 Å². The first-order valence-electron chi connectivity index (χ1n) is 5.85. The molecule has 0 saturated heterocycles. The molecule has 0 fully saturated rings. The van der Waals surface area contributed by atoms with E-state index >= 15 is 0 Å². The summed E-state index contributed by atoms with van der Waals surface area (Å²) in [6.45, 7) is 6.93. The number of carbonyl (C=O) groups is 1. The first kappa shape index (κ1) is 13.6. The predicted octanol–water partition coefficient (Wildman–Crippen LogP) is 1.81. The molecule has 0 aliphatic rings. The molecule has 0 saturated carbocycles. The predicted molar refractivity (Wildman–Crippen MR) is 66.9 cm³/mol. The van der Waals surface area contributed by atoms with Gasteiger partial charge in [-0.3, -0.25) is 14.7 Å². The first-order chi connectivity index (χ1) is 7.98. The molecule has 0 aromatic carbocycles. The third-order valence-corrected chi connectivity index (χ3v) is 3.12. The van der Waals surface area contributed by atoms with Crippen molar-refractivity contribution < 1.29 is 9.90 Å². The van der Waals surface area contributed by atoms with Crippen molar-refractivity contribution >= 4 is 5.97 Å². The monoisotopic (exact) mass is 236 g/mol. The van der Waals surface area contributed by atoms with Crippen LogP contribution in [0.4, 0.5) is 0 Å². The minimum atomic E-state index is -0.818. The molecule has 0 aliphatic carbocycles. The first-order valence-corrected chi connectivity index (χ1v) is 5.85. The number of hydrogen-bond donors (Lipinski definition) is 1. The number of carboxylic acid groups (broad SMARTS) is 1. The lowest BCUT2D eigenvalue weighted by Gasteiger charge is -2.34. The van der Waals surface area contributed by atoms with E-state index in [4.69, 9.17) is 0 Å². The zero-order chi connectivity index (χ0) is 12.9. The Hall–Kier alpha value is -1.42. The number of aliphatic carboxylic acids is 1. The average Bonchev–Trinajstić information content (AvgIpc) is 2.30. The van der Waals surface area contributed by atoms with Gasteiger partial charge in [0.1, 0.15) is 5.54 Å². The molecule has 0 bridgehead atoms. The summed E-state index contributed by atoms with van der Waals surface area (Å²) in [5.41, 5.74) is 0.363. The molecule has 1 aromatic heterocycles.